The van der Waals surface area contributed by atoms with Gasteiger partial charge in [-0.05, 0) is 30.3 Å². The highest BCUT2D eigenvalue weighted by molar-refractivity contribution is 7.89. The number of sulfonamides is 1. The Morgan fingerprint density at radius 2 is 1.93 bits per heavy atom. The van der Waals surface area contributed by atoms with Gasteiger partial charge < -0.3 is 14.8 Å². The van der Waals surface area contributed by atoms with Crippen LogP contribution >= 0.6 is 0 Å². The number of amides is 1. The van der Waals surface area contributed by atoms with E-state index in [4.69, 9.17) is 14.7 Å². The molecule has 1 aliphatic heterocycles. The number of nitriles is 1. The maximum Gasteiger partial charge on any atom is 0.262 e. The average Bonchev–Trinajstić information content (AvgIpc) is 2.73. The van der Waals surface area contributed by atoms with Crippen molar-refractivity contribution in [3.63, 3.8) is 0 Å². The molecule has 2 aromatic rings. The van der Waals surface area contributed by atoms with E-state index >= 15 is 0 Å². The molecule has 1 aliphatic rings. The van der Waals surface area contributed by atoms with Crippen molar-refractivity contribution in [3.8, 4) is 11.8 Å². The summed E-state index contributed by atoms with van der Waals surface area (Å²) in [6.45, 7) is 1.00. The number of benzene rings is 2. The molecule has 1 saturated heterocycles. The second-order valence-electron chi connectivity index (χ2n) is 5.99. The first-order valence-corrected chi connectivity index (χ1v) is 10.0. The summed E-state index contributed by atoms with van der Waals surface area (Å²) in [4.78, 5) is 12.3. The van der Waals surface area contributed by atoms with Crippen molar-refractivity contribution >= 4 is 21.6 Å². The topological polar surface area (TPSA) is 109 Å². The van der Waals surface area contributed by atoms with Crippen LogP contribution in [-0.4, -0.2) is 51.5 Å². The third kappa shape index (κ3) is 4.67. The van der Waals surface area contributed by atoms with Gasteiger partial charge in [0, 0.05) is 18.8 Å². The van der Waals surface area contributed by atoms with Gasteiger partial charge in [-0.25, -0.2) is 8.42 Å². The number of para-hydroxylation sites is 1. The number of anilines is 1. The number of morpholine rings is 1. The zero-order valence-electron chi connectivity index (χ0n) is 15.0. The number of ether oxygens (including phenoxy) is 2. The highest BCUT2D eigenvalue weighted by Crippen LogP contribution is 2.21. The number of carbonyl (C=O) groups excluding carboxylic acids is 1. The van der Waals surface area contributed by atoms with Crippen molar-refractivity contribution in [1.82, 2.24) is 4.31 Å². The smallest absolute Gasteiger partial charge is 0.262 e. The Morgan fingerprint density at radius 1 is 1.18 bits per heavy atom. The lowest BCUT2D eigenvalue weighted by atomic mass is 10.2. The molecule has 9 heteroatoms. The average molecular weight is 401 g/mol. The van der Waals surface area contributed by atoms with E-state index in [1.807, 2.05) is 6.07 Å². The minimum Gasteiger partial charge on any atom is -0.482 e. The summed E-state index contributed by atoms with van der Waals surface area (Å²) < 4.78 is 37.3. The highest BCUT2D eigenvalue weighted by atomic mass is 32.2. The standard InChI is InChI=1S/C19H19N3O5S/c20-13-15-4-1-2-7-18(15)27-14-19(23)21-16-5-3-6-17(12-16)28(24,25)22-8-10-26-11-9-22/h1-7,12H,8-11,14H2,(H,21,23). The van der Waals surface area contributed by atoms with E-state index in [-0.39, 0.29) is 11.5 Å². The zero-order chi connectivity index (χ0) is 20.0. The van der Waals surface area contributed by atoms with E-state index in [0.29, 0.717) is 43.3 Å². The van der Waals surface area contributed by atoms with Crippen molar-refractivity contribution in [2.75, 3.05) is 38.2 Å². The molecule has 3 rings (SSSR count). The molecule has 0 aromatic heterocycles. The van der Waals surface area contributed by atoms with Crippen LogP contribution in [0.2, 0.25) is 0 Å². The van der Waals surface area contributed by atoms with Crippen LogP contribution in [0.15, 0.2) is 53.4 Å². The van der Waals surface area contributed by atoms with E-state index in [1.165, 1.54) is 16.4 Å². The Balaban J connectivity index is 1.65. The second kappa shape index (κ2) is 8.84. The first kappa shape index (κ1) is 19.8. The van der Waals surface area contributed by atoms with Crippen LogP contribution in [0.5, 0.6) is 5.75 Å². The van der Waals surface area contributed by atoms with Gasteiger partial charge in [0.25, 0.3) is 5.91 Å². The molecule has 0 spiro atoms. The highest BCUT2D eigenvalue weighted by Gasteiger charge is 2.26. The monoisotopic (exact) mass is 401 g/mol. The summed E-state index contributed by atoms with van der Waals surface area (Å²) >= 11 is 0. The molecular weight excluding hydrogens is 382 g/mol. The largest absolute Gasteiger partial charge is 0.482 e. The fourth-order valence-corrected chi connectivity index (χ4v) is 4.15. The van der Waals surface area contributed by atoms with Crippen molar-refractivity contribution < 1.29 is 22.7 Å². The molecule has 146 valence electrons. The van der Waals surface area contributed by atoms with Crippen molar-refractivity contribution in [1.29, 1.82) is 5.26 Å². The molecular formula is C19H19N3O5S. The normalized spacial score (nSPS) is 14.8. The molecule has 0 atom stereocenters. The molecule has 1 fully saturated rings. The number of nitrogens with one attached hydrogen (secondary N) is 1. The number of nitrogens with zero attached hydrogens (tertiary/aromatic N) is 2. The van der Waals surface area contributed by atoms with E-state index in [1.54, 1.807) is 36.4 Å². The van der Waals surface area contributed by atoms with Crippen molar-refractivity contribution in [2.24, 2.45) is 0 Å². The first-order chi connectivity index (χ1) is 13.5. The van der Waals surface area contributed by atoms with E-state index in [9.17, 15) is 13.2 Å². The van der Waals surface area contributed by atoms with Crippen LogP contribution in [0, 0.1) is 11.3 Å². The van der Waals surface area contributed by atoms with Gasteiger partial charge in [0.1, 0.15) is 11.8 Å². The molecule has 0 bridgehead atoms. The molecule has 0 radical (unpaired) electrons. The van der Waals surface area contributed by atoms with Gasteiger partial charge in [-0.15, -0.1) is 0 Å². The predicted octanol–water partition coefficient (Wildman–Crippen LogP) is 1.60. The maximum atomic E-state index is 12.7. The van der Waals surface area contributed by atoms with Crippen molar-refractivity contribution in [3.05, 3.63) is 54.1 Å². The summed E-state index contributed by atoms with van der Waals surface area (Å²) in [5.74, 6) is -0.155. The van der Waals surface area contributed by atoms with Crippen LogP contribution in [0.1, 0.15) is 5.56 Å². The predicted molar refractivity (Wildman–Crippen MR) is 101 cm³/mol. The Morgan fingerprint density at radius 3 is 2.68 bits per heavy atom. The van der Waals surface area contributed by atoms with Gasteiger partial charge >= 0.3 is 0 Å². The van der Waals surface area contributed by atoms with Gasteiger partial charge in [0.05, 0.1) is 23.7 Å². The van der Waals surface area contributed by atoms with E-state index in [0.717, 1.165) is 0 Å². The van der Waals surface area contributed by atoms with Gasteiger partial charge in [-0.3, -0.25) is 4.79 Å². The fraction of sp³-hybridized carbons (Fsp3) is 0.263. The van der Waals surface area contributed by atoms with Crippen LogP contribution in [0.3, 0.4) is 0 Å². The van der Waals surface area contributed by atoms with Gasteiger partial charge in [0.15, 0.2) is 6.61 Å². The summed E-state index contributed by atoms with van der Waals surface area (Å²) in [5.41, 5.74) is 0.672. The molecule has 2 aromatic carbocycles. The maximum absolute atomic E-state index is 12.7. The molecule has 28 heavy (non-hydrogen) atoms. The lowest BCUT2D eigenvalue weighted by Gasteiger charge is -2.26. The molecule has 1 heterocycles. The van der Waals surface area contributed by atoms with Gasteiger partial charge in [0.2, 0.25) is 10.0 Å². The van der Waals surface area contributed by atoms with E-state index < -0.39 is 15.9 Å². The Labute approximate surface area is 163 Å². The minimum absolute atomic E-state index is 0.0999. The van der Waals surface area contributed by atoms with Crippen LogP contribution in [0.4, 0.5) is 5.69 Å². The fourth-order valence-electron chi connectivity index (χ4n) is 2.70. The summed E-state index contributed by atoms with van der Waals surface area (Å²) in [6, 6.07) is 14.6. The number of hydrogen-bond donors (Lipinski definition) is 1. The first-order valence-electron chi connectivity index (χ1n) is 8.60. The SMILES string of the molecule is N#Cc1ccccc1OCC(=O)Nc1cccc(S(=O)(=O)N2CCOCC2)c1. The molecule has 0 saturated carbocycles. The minimum atomic E-state index is -3.65. The quantitative estimate of drug-likeness (QED) is 0.787. The summed E-state index contributed by atoms with van der Waals surface area (Å²) in [6.07, 6.45) is 0. The Kier molecular flexibility index (Phi) is 6.26. The molecule has 8 nitrogen and oxygen atoms in total. The number of carbonyl (C=O) groups is 1. The Bertz CT molecular complexity index is 995. The Hall–Kier alpha value is -2.93. The molecule has 0 unspecified atom stereocenters. The molecule has 0 aliphatic carbocycles. The van der Waals surface area contributed by atoms with Crippen LogP contribution < -0.4 is 10.1 Å². The third-order valence-corrected chi connectivity index (χ3v) is 5.99. The summed E-state index contributed by atoms with van der Waals surface area (Å²) in [7, 11) is -3.65. The molecule has 1 amide bonds. The number of hydrogen-bond acceptors (Lipinski definition) is 6. The second-order valence-corrected chi connectivity index (χ2v) is 7.93. The van der Waals surface area contributed by atoms with Crippen molar-refractivity contribution in [2.45, 2.75) is 4.90 Å². The molecule has 1 N–H and O–H groups in total. The van der Waals surface area contributed by atoms with Gasteiger partial charge in [-0.1, -0.05) is 18.2 Å². The van der Waals surface area contributed by atoms with Crippen LogP contribution in [0.25, 0.3) is 0 Å². The van der Waals surface area contributed by atoms with E-state index in [2.05, 4.69) is 5.32 Å². The lowest BCUT2D eigenvalue weighted by molar-refractivity contribution is -0.118. The van der Waals surface area contributed by atoms with Crippen LogP contribution in [-0.2, 0) is 19.6 Å². The lowest BCUT2D eigenvalue weighted by Crippen LogP contribution is -2.40. The summed E-state index contributed by atoms with van der Waals surface area (Å²) in [5, 5.41) is 11.6. The third-order valence-electron chi connectivity index (χ3n) is 4.09. The van der Waals surface area contributed by atoms with Gasteiger partial charge in [-0.2, -0.15) is 9.57 Å². The zero-order valence-corrected chi connectivity index (χ0v) is 15.8. The number of rotatable bonds is 6.